The molecule has 2 aromatic carbocycles. The van der Waals surface area contributed by atoms with Gasteiger partial charge in [0.05, 0.1) is 0 Å². The summed E-state index contributed by atoms with van der Waals surface area (Å²) in [7, 11) is 0. The summed E-state index contributed by atoms with van der Waals surface area (Å²) in [6.07, 6.45) is 0. The first-order valence-electron chi connectivity index (χ1n) is 8.96. The summed E-state index contributed by atoms with van der Waals surface area (Å²) in [6.45, 7) is 16.7. The predicted octanol–water partition coefficient (Wildman–Crippen LogP) is 5.68. The van der Waals surface area contributed by atoms with Gasteiger partial charge in [0.15, 0.2) is 0 Å². The Balaban J connectivity index is 0.000000439. The van der Waals surface area contributed by atoms with Crippen LogP contribution < -0.4 is 0 Å². The summed E-state index contributed by atoms with van der Waals surface area (Å²) in [5.74, 6) is 0.793. The number of phenols is 2. The van der Waals surface area contributed by atoms with Crippen molar-refractivity contribution < 1.29 is 23.5 Å². The van der Waals surface area contributed by atoms with Crippen molar-refractivity contribution in [3.05, 3.63) is 58.7 Å². The number of aryl methyl sites for hydroxylation is 2. The van der Waals surface area contributed by atoms with Gasteiger partial charge in [0, 0.05) is 0 Å². The molecule has 2 rings (SSSR count). The molecule has 0 saturated carbocycles. The molecule has 28 heavy (non-hydrogen) atoms. The molecule has 0 aliphatic heterocycles. The van der Waals surface area contributed by atoms with E-state index in [2.05, 4.69) is 41.5 Å². The van der Waals surface area contributed by atoms with Crippen molar-refractivity contribution in [1.29, 1.82) is 0 Å². The van der Waals surface area contributed by atoms with E-state index >= 15 is 0 Å². The van der Waals surface area contributed by atoms with E-state index in [-0.39, 0.29) is 10.8 Å². The Bertz CT molecular complexity index is 721. The minimum atomic E-state index is -2.61. The number of aromatic hydroxyl groups is 2. The van der Waals surface area contributed by atoms with Gasteiger partial charge < -0.3 is 10.2 Å². The summed E-state index contributed by atoms with van der Waals surface area (Å²) in [4.78, 5) is 0. The standard InChI is InChI=1S/2C11H16O.H2O3S/c2*1-8-5-6-10(12)9(7-8)11(2,3)4;1-4(2)3/h2*5-7,12H,1-4H3;(H2,1,2,3). The third-order valence-corrected chi connectivity index (χ3v) is 3.92. The molecule has 0 aliphatic rings. The lowest BCUT2D eigenvalue weighted by molar-refractivity contribution is 0.445. The molecule has 5 nitrogen and oxygen atoms in total. The zero-order valence-corrected chi connectivity index (χ0v) is 18.9. The van der Waals surface area contributed by atoms with Crippen molar-refractivity contribution in [2.45, 2.75) is 66.2 Å². The van der Waals surface area contributed by atoms with Crippen LogP contribution in [0.3, 0.4) is 0 Å². The Morgan fingerprint density at radius 2 is 0.929 bits per heavy atom. The number of hydrogen-bond donors (Lipinski definition) is 4. The van der Waals surface area contributed by atoms with Gasteiger partial charge in [0.2, 0.25) is 0 Å². The van der Waals surface area contributed by atoms with Crippen LogP contribution in [0.25, 0.3) is 0 Å². The molecular weight excluding hydrogens is 376 g/mol. The smallest absolute Gasteiger partial charge is 0.299 e. The molecule has 0 fully saturated rings. The lowest BCUT2D eigenvalue weighted by atomic mass is 9.85. The second-order valence-corrected chi connectivity index (χ2v) is 9.23. The van der Waals surface area contributed by atoms with Crippen LogP contribution in [-0.4, -0.2) is 23.5 Å². The van der Waals surface area contributed by atoms with E-state index < -0.39 is 11.4 Å². The molecule has 0 aromatic heterocycles. The second kappa shape index (κ2) is 10.6. The highest BCUT2D eigenvalue weighted by Gasteiger charge is 2.18. The molecule has 0 radical (unpaired) electrons. The summed E-state index contributed by atoms with van der Waals surface area (Å²) < 4.78 is 22.8. The number of benzene rings is 2. The summed E-state index contributed by atoms with van der Waals surface area (Å²) >= 11 is -2.61. The molecular formula is C22H34O5S. The Morgan fingerprint density at radius 1 is 0.679 bits per heavy atom. The Morgan fingerprint density at radius 3 is 1.11 bits per heavy atom. The molecule has 0 spiro atoms. The van der Waals surface area contributed by atoms with Crippen LogP contribution in [-0.2, 0) is 22.2 Å². The summed E-state index contributed by atoms with van der Waals surface area (Å²) in [5.41, 5.74) is 4.46. The normalized spacial score (nSPS) is 11.2. The highest BCUT2D eigenvalue weighted by molar-refractivity contribution is 7.73. The first-order chi connectivity index (χ1) is 12.6. The first-order valence-corrected chi connectivity index (χ1v) is 10.0. The van der Waals surface area contributed by atoms with Crippen LogP contribution in [0.5, 0.6) is 11.5 Å². The van der Waals surface area contributed by atoms with E-state index in [0.29, 0.717) is 11.5 Å². The van der Waals surface area contributed by atoms with Crippen molar-refractivity contribution in [2.24, 2.45) is 0 Å². The molecule has 0 bridgehead atoms. The molecule has 0 amide bonds. The SMILES string of the molecule is Cc1ccc(O)c(C(C)(C)C)c1.Cc1ccc(O)c(C(C)(C)C)c1.O=S(O)O. The van der Waals surface area contributed by atoms with Crippen LogP contribution in [0.1, 0.15) is 63.8 Å². The Labute approximate surface area is 171 Å². The fourth-order valence-corrected chi connectivity index (χ4v) is 2.50. The van der Waals surface area contributed by atoms with Crippen molar-refractivity contribution in [2.75, 3.05) is 0 Å². The van der Waals surface area contributed by atoms with Gasteiger partial charge in [-0.3, -0.25) is 9.11 Å². The minimum absolute atomic E-state index is 0.0239. The maximum atomic E-state index is 9.57. The van der Waals surface area contributed by atoms with E-state index in [1.165, 1.54) is 11.1 Å². The molecule has 4 N–H and O–H groups in total. The molecule has 158 valence electrons. The van der Waals surface area contributed by atoms with E-state index in [1.54, 1.807) is 12.1 Å². The van der Waals surface area contributed by atoms with E-state index in [9.17, 15) is 10.2 Å². The predicted molar refractivity (Wildman–Crippen MR) is 116 cm³/mol. The number of rotatable bonds is 0. The van der Waals surface area contributed by atoms with Crippen LogP contribution >= 0.6 is 0 Å². The average Bonchev–Trinajstić information content (AvgIpc) is 2.50. The summed E-state index contributed by atoms with van der Waals surface area (Å²) in [6, 6.07) is 11.4. The van der Waals surface area contributed by atoms with Gasteiger partial charge in [-0.1, -0.05) is 76.9 Å². The Kier molecular flexibility index (Phi) is 9.88. The van der Waals surface area contributed by atoms with Gasteiger partial charge in [0.1, 0.15) is 11.5 Å². The lowest BCUT2D eigenvalue weighted by Crippen LogP contribution is -2.11. The van der Waals surface area contributed by atoms with Gasteiger partial charge in [-0.2, -0.15) is 4.21 Å². The van der Waals surface area contributed by atoms with Gasteiger partial charge in [-0.15, -0.1) is 0 Å². The monoisotopic (exact) mass is 410 g/mol. The number of hydrogen-bond acceptors (Lipinski definition) is 3. The van der Waals surface area contributed by atoms with Crippen LogP contribution in [0.15, 0.2) is 36.4 Å². The Hall–Kier alpha value is -1.89. The number of phenolic OH excluding ortho intramolecular Hbond substituents is 2. The van der Waals surface area contributed by atoms with Crippen molar-refractivity contribution >= 4 is 11.4 Å². The average molecular weight is 411 g/mol. The molecule has 0 atom stereocenters. The highest BCUT2D eigenvalue weighted by Crippen LogP contribution is 2.31. The quantitative estimate of drug-likeness (QED) is 0.419. The summed E-state index contributed by atoms with van der Waals surface area (Å²) in [5, 5.41) is 19.1. The largest absolute Gasteiger partial charge is 0.508 e. The van der Waals surface area contributed by atoms with Gasteiger partial charge >= 0.3 is 0 Å². The molecule has 0 aliphatic carbocycles. The maximum absolute atomic E-state index is 9.57. The fraction of sp³-hybridized carbons (Fsp3) is 0.455. The zero-order valence-electron chi connectivity index (χ0n) is 18.1. The van der Waals surface area contributed by atoms with E-state index in [4.69, 9.17) is 13.3 Å². The van der Waals surface area contributed by atoms with Crippen molar-refractivity contribution in [1.82, 2.24) is 0 Å². The van der Waals surface area contributed by atoms with Gasteiger partial charge in [0.25, 0.3) is 11.4 Å². The molecule has 6 heteroatoms. The lowest BCUT2D eigenvalue weighted by Gasteiger charge is -2.20. The van der Waals surface area contributed by atoms with E-state index in [1.807, 2.05) is 38.1 Å². The first kappa shape index (κ1) is 26.1. The van der Waals surface area contributed by atoms with Crippen LogP contribution in [0, 0.1) is 13.8 Å². The third kappa shape index (κ3) is 9.88. The van der Waals surface area contributed by atoms with Gasteiger partial charge in [-0.25, -0.2) is 0 Å². The maximum Gasteiger partial charge on any atom is 0.299 e. The van der Waals surface area contributed by atoms with E-state index in [0.717, 1.165) is 11.1 Å². The van der Waals surface area contributed by atoms with Crippen LogP contribution in [0.4, 0.5) is 0 Å². The highest BCUT2D eigenvalue weighted by atomic mass is 32.2. The van der Waals surface area contributed by atoms with Crippen molar-refractivity contribution in [3.63, 3.8) is 0 Å². The topological polar surface area (TPSA) is 98.0 Å². The molecule has 2 aromatic rings. The zero-order chi connectivity index (χ0) is 22.3. The molecule has 0 unspecified atom stereocenters. The molecule has 0 saturated heterocycles. The van der Waals surface area contributed by atoms with Gasteiger partial charge in [-0.05, 0) is 47.9 Å². The van der Waals surface area contributed by atoms with Crippen LogP contribution in [0.2, 0.25) is 0 Å². The third-order valence-electron chi connectivity index (χ3n) is 3.92. The fourth-order valence-electron chi connectivity index (χ4n) is 2.50. The minimum Gasteiger partial charge on any atom is -0.508 e. The second-order valence-electron chi connectivity index (χ2n) is 8.77. The van der Waals surface area contributed by atoms with Crippen molar-refractivity contribution in [3.8, 4) is 11.5 Å². The molecule has 0 heterocycles.